The summed E-state index contributed by atoms with van der Waals surface area (Å²) in [5, 5.41) is 9.70. The lowest BCUT2D eigenvalue weighted by Crippen LogP contribution is -2.59. The van der Waals surface area contributed by atoms with Gasteiger partial charge in [0.15, 0.2) is 9.84 Å². The van der Waals surface area contributed by atoms with Crippen LogP contribution in [0.3, 0.4) is 0 Å². The zero-order valence-corrected chi connectivity index (χ0v) is 11.0. The first-order valence-electron chi connectivity index (χ1n) is 6.26. The van der Waals surface area contributed by atoms with E-state index in [1.165, 1.54) is 0 Å². The van der Waals surface area contributed by atoms with E-state index in [0.29, 0.717) is 0 Å². The van der Waals surface area contributed by atoms with E-state index in [1.54, 1.807) is 0 Å². The van der Waals surface area contributed by atoms with Crippen LogP contribution in [0.25, 0.3) is 0 Å². The predicted octanol–water partition coefficient (Wildman–Crippen LogP) is -0.355. The molecule has 0 saturated carbocycles. The van der Waals surface area contributed by atoms with E-state index in [9.17, 15) is 13.5 Å². The summed E-state index contributed by atoms with van der Waals surface area (Å²) < 4.78 is 28.4. The van der Waals surface area contributed by atoms with E-state index in [2.05, 4.69) is 6.92 Å². The molecule has 2 fully saturated rings. The van der Waals surface area contributed by atoms with Gasteiger partial charge in [-0.3, -0.25) is 4.90 Å². The molecule has 2 atom stereocenters. The third-order valence-electron chi connectivity index (χ3n) is 3.49. The molecule has 0 spiro atoms. The van der Waals surface area contributed by atoms with Gasteiger partial charge in [-0.25, -0.2) is 8.42 Å². The van der Waals surface area contributed by atoms with E-state index in [1.807, 2.05) is 4.90 Å². The number of hydrogen-bond donors (Lipinski definition) is 1. The Labute approximate surface area is 103 Å². The molecule has 0 aliphatic carbocycles. The zero-order valence-electron chi connectivity index (χ0n) is 10.2. The van der Waals surface area contributed by atoms with Gasteiger partial charge in [0, 0.05) is 19.7 Å². The smallest absolute Gasteiger partial charge is 0.154 e. The standard InChI is InChI=1S/C11H21NO4S/c1-2-3-4-16-9-5-12(6-9)10-7-17(14,15)8-11(10)13/h9-11,13H,2-8H2,1H3/t10-,11-/m1/s1. The van der Waals surface area contributed by atoms with Gasteiger partial charge in [0.2, 0.25) is 0 Å². The molecule has 0 aromatic carbocycles. The normalized spacial score (nSPS) is 33.8. The number of rotatable bonds is 5. The Kier molecular flexibility index (Phi) is 4.07. The molecule has 0 unspecified atom stereocenters. The van der Waals surface area contributed by atoms with Gasteiger partial charge in [0.1, 0.15) is 0 Å². The van der Waals surface area contributed by atoms with Crippen molar-refractivity contribution in [3.05, 3.63) is 0 Å². The molecule has 2 saturated heterocycles. The Morgan fingerprint density at radius 2 is 2.06 bits per heavy atom. The van der Waals surface area contributed by atoms with E-state index in [4.69, 9.17) is 4.74 Å². The van der Waals surface area contributed by atoms with E-state index in [0.717, 1.165) is 32.5 Å². The lowest BCUT2D eigenvalue weighted by Gasteiger charge is -2.43. The van der Waals surface area contributed by atoms with Crippen molar-refractivity contribution >= 4 is 9.84 Å². The van der Waals surface area contributed by atoms with Crippen molar-refractivity contribution in [1.29, 1.82) is 0 Å². The summed E-state index contributed by atoms with van der Waals surface area (Å²) in [5.74, 6) is 0.00533. The van der Waals surface area contributed by atoms with Gasteiger partial charge in [0.05, 0.1) is 29.8 Å². The van der Waals surface area contributed by atoms with Gasteiger partial charge in [-0.15, -0.1) is 0 Å². The average molecular weight is 263 g/mol. The van der Waals surface area contributed by atoms with Crippen LogP contribution in [0.15, 0.2) is 0 Å². The number of hydrogen-bond acceptors (Lipinski definition) is 5. The summed E-state index contributed by atoms with van der Waals surface area (Å²) in [5.41, 5.74) is 0. The number of ether oxygens (including phenoxy) is 1. The predicted molar refractivity (Wildman–Crippen MR) is 64.7 cm³/mol. The summed E-state index contributed by atoms with van der Waals surface area (Å²) in [4.78, 5) is 2.02. The maximum atomic E-state index is 11.4. The van der Waals surface area contributed by atoms with Crippen molar-refractivity contribution in [3.8, 4) is 0 Å². The van der Waals surface area contributed by atoms with Crippen LogP contribution in [0, 0.1) is 0 Å². The Bertz CT molecular complexity index is 350. The maximum absolute atomic E-state index is 11.4. The molecule has 2 heterocycles. The number of likely N-dealkylation sites (tertiary alicyclic amines) is 1. The van der Waals surface area contributed by atoms with Crippen LogP contribution in [0.5, 0.6) is 0 Å². The second-order valence-electron chi connectivity index (χ2n) is 5.01. The van der Waals surface area contributed by atoms with E-state index >= 15 is 0 Å². The second-order valence-corrected chi connectivity index (χ2v) is 7.17. The molecule has 2 aliphatic rings. The number of sulfone groups is 1. The van der Waals surface area contributed by atoms with Crippen LogP contribution in [0.4, 0.5) is 0 Å². The Hall–Kier alpha value is -0.170. The largest absolute Gasteiger partial charge is 0.390 e. The van der Waals surface area contributed by atoms with Gasteiger partial charge in [-0.2, -0.15) is 0 Å². The molecule has 2 rings (SSSR count). The highest BCUT2D eigenvalue weighted by Gasteiger charge is 2.44. The third kappa shape index (κ3) is 3.19. The molecule has 0 bridgehead atoms. The van der Waals surface area contributed by atoms with E-state index in [-0.39, 0.29) is 23.7 Å². The van der Waals surface area contributed by atoms with Crippen LogP contribution in [0.1, 0.15) is 19.8 Å². The topological polar surface area (TPSA) is 66.8 Å². The first kappa shape index (κ1) is 13.3. The molecule has 0 radical (unpaired) electrons. The Morgan fingerprint density at radius 1 is 1.35 bits per heavy atom. The fourth-order valence-corrected chi connectivity index (χ4v) is 4.23. The number of aliphatic hydroxyl groups is 1. The third-order valence-corrected chi connectivity index (χ3v) is 5.19. The molecule has 0 aromatic rings. The van der Waals surface area contributed by atoms with Gasteiger partial charge >= 0.3 is 0 Å². The number of nitrogens with zero attached hydrogens (tertiary/aromatic N) is 1. The summed E-state index contributed by atoms with van der Waals surface area (Å²) >= 11 is 0. The maximum Gasteiger partial charge on any atom is 0.154 e. The van der Waals surface area contributed by atoms with Crippen molar-refractivity contribution in [2.75, 3.05) is 31.2 Å². The lowest BCUT2D eigenvalue weighted by atomic mass is 10.1. The van der Waals surface area contributed by atoms with Crippen molar-refractivity contribution < 1.29 is 18.3 Å². The van der Waals surface area contributed by atoms with Crippen molar-refractivity contribution in [2.24, 2.45) is 0 Å². The SMILES string of the molecule is CCCCOC1CN([C@@H]2CS(=O)(=O)C[C@H]2O)C1. The average Bonchev–Trinajstić information content (AvgIpc) is 2.44. The molecular formula is C11H21NO4S. The highest BCUT2D eigenvalue weighted by Crippen LogP contribution is 2.24. The fraction of sp³-hybridized carbons (Fsp3) is 1.00. The van der Waals surface area contributed by atoms with Gasteiger partial charge in [-0.1, -0.05) is 13.3 Å². The van der Waals surface area contributed by atoms with Crippen molar-refractivity contribution in [3.63, 3.8) is 0 Å². The van der Waals surface area contributed by atoms with Gasteiger partial charge in [0.25, 0.3) is 0 Å². The monoisotopic (exact) mass is 263 g/mol. The van der Waals surface area contributed by atoms with Crippen LogP contribution < -0.4 is 0 Å². The van der Waals surface area contributed by atoms with Crippen molar-refractivity contribution in [2.45, 2.75) is 38.0 Å². The fourth-order valence-electron chi connectivity index (χ4n) is 2.40. The molecule has 100 valence electrons. The minimum Gasteiger partial charge on any atom is -0.390 e. The first-order valence-corrected chi connectivity index (χ1v) is 8.08. The molecular weight excluding hydrogens is 242 g/mol. The molecule has 0 aromatic heterocycles. The Balaban J connectivity index is 1.73. The van der Waals surface area contributed by atoms with Crippen LogP contribution in [0.2, 0.25) is 0 Å². The van der Waals surface area contributed by atoms with Gasteiger partial charge < -0.3 is 9.84 Å². The van der Waals surface area contributed by atoms with Crippen LogP contribution in [-0.2, 0) is 14.6 Å². The summed E-state index contributed by atoms with van der Waals surface area (Å²) in [6.07, 6.45) is 1.68. The summed E-state index contributed by atoms with van der Waals surface area (Å²) in [6, 6.07) is -0.217. The minimum absolute atomic E-state index is 0.0878. The summed E-state index contributed by atoms with van der Waals surface area (Å²) in [6.45, 7) is 4.40. The number of unbranched alkanes of at least 4 members (excludes halogenated alkanes) is 1. The number of aliphatic hydroxyl groups excluding tert-OH is 1. The minimum atomic E-state index is -3.04. The highest BCUT2D eigenvalue weighted by atomic mass is 32.2. The lowest BCUT2D eigenvalue weighted by molar-refractivity contribution is -0.0839. The second kappa shape index (κ2) is 5.22. The van der Waals surface area contributed by atoms with Crippen LogP contribution >= 0.6 is 0 Å². The highest BCUT2D eigenvalue weighted by molar-refractivity contribution is 7.91. The van der Waals surface area contributed by atoms with Gasteiger partial charge in [-0.05, 0) is 6.42 Å². The van der Waals surface area contributed by atoms with E-state index < -0.39 is 15.9 Å². The molecule has 5 nitrogen and oxygen atoms in total. The molecule has 1 N–H and O–H groups in total. The molecule has 17 heavy (non-hydrogen) atoms. The first-order chi connectivity index (χ1) is 8.02. The Morgan fingerprint density at radius 3 is 2.59 bits per heavy atom. The molecule has 2 aliphatic heterocycles. The quantitative estimate of drug-likeness (QED) is 0.687. The molecule has 6 heteroatoms. The zero-order chi connectivity index (χ0) is 12.5. The summed E-state index contributed by atoms with van der Waals surface area (Å²) in [7, 11) is -3.04. The van der Waals surface area contributed by atoms with Crippen molar-refractivity contribution in [1.82, 2.24) is 4.90 Å². The van der Waals surface area contributed by atoms with Crippen LogP contribution in [-0.4, -0.2) is 67.9 Å². The molecule has 0 amide bonds.